The van der Waals surface area contributed by atoms with Crippen molar-refractivity contribution in [1.29, 1.82) is 0 Å². The minimum absolute atomic E-state index is 0.105. The molecule has 0 aromatic heterocycles. The van der Waals surface area contributed by atoms with Gasteiger partial charge in [-0.25, -0.2) is 0 Å². The van der Waals surface area contributed by atoms with E-state index in [1.165, 1.54) is 173 Å². The van der Waals surface area contributed by atoms with E-state index in [-0.39, 0.29) is 19.2 Å². The maximum absolute atomic E-state index is 12.8. The van der Waals surface area contributed by atoms with Crippen molar-refractivity contribution in [1.82, 2.24) is 0 Å². The molecule has 4 N–H and O–H groups in total. The second-order valence-corrected chi connectivity index (χ2v) is 16.6. The first-order valence-corrected chi connectivity index (χ1v) is 23.6. The van der Waals surface area contributed by atoms with Crippen LogP contribution < -0.4 is 0 Å². The zero-order valence-corrected chi connectivity index (χ0v) is 36.0. The van der Waals surface area contributed by atoms with Crippen LogP contribution in [0.2, 0.25) is 0 Å². The van der Waals surface area contributed by atoms with E-state index in [1.54, 1.807) is 0 Å². The molecular formula is C46H90O9. The number of aliphatic hydroxyl groups excluding tert-OH is 4. The van der Waals surface area contributed by atoms with Crippen LogP contribution in [0.5, 0.6) is 0 Å². The normalized spacial score (nSPS) is 20.6. The van der Waals surface area contributed by atoms with Crippen molar-refractivity contribution in [3.05, 3.63) is 0 Å². The smallest absolute Gasteiger partial charge is 0.306 e. The van der Waals surface area contributed by atoms with Crippen LogP contribution in [0.3, 0.4) is 0 Å². The van der Waals surface area contributed by atoms with Gasteiger partial charge in [0.2, 0.25) is 0 Å². The van der Waals surface area contributed by atoms with Gasteiger partial charge in [0.25, 0.3) is 0 Å². The van der Waals surface area contributed by atoms with Crippen LogP contribution in [0, 0.1) is 0 Å². The number of ether oxygens (including phenoxy) is 4. The molecule has 0 aliphatic carbocycles. The lowest BCUT2D eigenvalue weighted by atomic mass is 9.99. The standard InChI is InChI=1S/C46H90O9/c1-3-5-7-9-11-13-15-17-19-20-22-24-26-28-30-32-34-36-52-38-40(39-53-46-45(51)44(50)43(49)41(37-47)55-46)54-42(48)35-33-31-29-27-25-23-21-18-16-14-12-10-8-6-4-2/h40-41,43-47,49-51H,3-39H2,1-2H3. The summed E-state index contributed by atoms with van der Waals surface area (Å²) in [4.78, 5) is 12.8. The Balaban J connectivity index is 2.22. The van der Waals surface area contributed by atoms with Gasteiger partial charge in [-0.05, 0) is 12.8 Å². The van der Waals surface area contributed by atoms with E-state index in [9.17, 15) is 25.2 Å². The number of aliphatic hydroxyl groups is 4. The van der Waals surface area contributed by atoms with Gasteiger partial charge in [0.1, 0.15) is 30.5 Å². The average molecular weight is 787 g/mol. The summed E-state index contributed by atoms with van der Waals surface area (Å²) in [6.07, 6.45) is 34.1. The molecule has 6 unspecified atom stereocenters. The number of rotatable bonds is 41. The Morgan fingerprint density at radius 3 is 1.29 bits per heavy atom. The molecule has 0 spiro atoms. The summed E-state index contributed by atoms with van der Waals surface area (Å²) < 4.78 is 22.9. The molecule has 0 radical (unpaired) electrons. The summed E-state index contributed by atoms with van der Waals surface area (Å²) >= 11 is 0. The first-order valence-electron chi connectivity index (χ1n) is 23.6. The first kappa shape index (κ1) is 52.2. The molecule has 55 heavy (non-hydrogen) atoms. The fourth-order valence-corrected chi connectivity index (χ4v) is 7.55. The third-order valence-corrected chi connectivity index (χ3v) is 11.3. The van der Waals surface area contributed by atoms with E-state index in [0.717, 1.165) is 32.1 Å². The van der Waals surface area contributed by atoms with E-state index in [0.29, 0.717) is 13.0 Å². The molecule has 1 aliphatic rings. The first-order chi connectivity index (χ1) is 26.9. The van der Waals surface area contributed by atoms with Crippen LogP contribution in [0.25, 0.3) is 0 Å². The van der Waals surface area contributed by atoms with Crippen molar-refractivity contribution in [2.24, 2.45) is 0 Å². The fourth-order valence-electron chi connectivity index (χ4n) is 7.55. The molecule has 1 heterocycles. The van der Waals surface area contributed by atoms with Crippen LogP contribution in [-0.4, -0.2) is 89.6 Å². The lowest BCUT2D eigenvalue weighted by Gasteiger charge is -2.39. The summed E-state index contributed by atoms with van der Waals surface area (Å²) in [5, 5.41) is 40.1. The molecule has 0 saturated carbocycles. The van der Waals surface area contributed by atoms with Crippen LogP contribution >= 0.6 is 0 Å². The summed E-state index contributed by atoms with van der Waals surface area (Å²) in [5.74, 6) is -0.307. The van der Waals surface area contributed by atoms with Gasteiger partial charge in [-0.3, -0.25) is 4.79 Å². The monoisotopic (exact) mass is 787 g/mol. The molecule has 0 bridgehead atoms. The molecule has 1 saturated heterocycles. The highest BCUT2D eigenvalue weighted by Gasteiger charge is 2.44. The second-order valence-electron chi connectivity index (χ2n) is 16.6. The zero-order valence-electron chi connectivity index (χ0n) is 36.0. The molecule has 0 aromatic rings. The third-order valence-electron chi connectivity index (χ3n) is 11.3. The molecule has 1 rings (SSSR count). The topological polar surface area (TPSA) is 135 Å². The number of carbonyl (C=O) groups excluding carboxylic acids is 1. The van der Waals surface area contributed by atoms with Crippen molar-refractivity contribution in [3.63, 3.8) is 0 Å². The highest BCUT2D eigenvalue weighted by molar-refractivity contribution is 5.69. The highest BCUT2D eigenvalue weighted by atomic mass is 16.7. The molecule has 0 amide bonds. The zero-order chi connectivity index (χ0) is 40.0. The Labute approximate surface area is 338 Å². The Morgan fingerprint density at radius 1 is 0.509 bits per heavy atom. The van der Waals surface area contributed by atoms with E-state index >= 15 is 0 Å². The van der Waals surface area contributed by atoms with Gasteiger partial charge in [-0.15, -0.1) is 0 Å². The fraction of sp³-hybridized carbons (Fsp3) is 0.978. The van der Waals surface area contributed by atoms with Crippen molar-refractivity contribution in [3.8, 4) is 0 Å². The minimum atomic E-state index is -1.53. The summed E-state index contributed by atoms with van der Waals surface area (Å²) in [6.45, 7) is 4.61. The summed E-state index contributed by atoms with van der Waals surface area (Å²) in [5.41, 5.74) is 0. The Kier molecular flexibility index (Phi) is 36.7. The second kappa shape index (κ2) is 38.7. The quantitative estimate of drug-likeness (QED) is 0.0353. The molecule has 1 fully saturated rings. The van der Waals surface area contributed by atoms with E-state index < -0.39 is 43.4 Å². The Bertz CT molecular complexity index is 812. The maximum Gasteiger partial charge on any atom is 0.306 e. The van der Waals surface area contributed by atoms with Gasteiger partial charge in [-0.2, -0.15) is 0 Å². The molecule has 1 aliphatic heterocycles. The van der Waals surface area contributed by atoms with Gasteiger partial charge >= 0.3 is 5.97 Å². The number of esters is 1. The van der Waals surface area contributed by atoms with Gasteiger partial charge in [-0.1, -0.05) is 206 Å². The summed E-state index contributed by atoms with van der Waals surface area (Å²) in [7, 11) is 0. The van der Waals surface area contributed by atoms with Gasteiger partial charge in [0, 0.05) is 13.0 Å². The predicted octanol–water partition coefficient (Wildman–Crippen LogP) is 10.6. The van der Waals surface area contributed by atoms with Crippen molar-refractivity contribution in [2.45, 2.75) is 263 Å². The van der Waals surface area contributed by atoms with Gasteiger partial charge in [0.05, 0.1) is 19.8 Å². The molecule has 9 nitrogen and oxygen atoms in total. The van der Waals surface area contributed by atoms with E-state index in [4.69, 9.17) is 18.9 Å². The van der Waals surface area contributed by atoms with Crippen molar-refractivity contribution < 1.29 is 44.2 Å². The van der Waals surface area contributed by atoms with Crippen LogP contribution in [0.4, 0.5) is 0 Å². The van der Waals surface area contributed by atoms with Crippen molar-refractivity contribution in [2.75, 3.05) is 26.4 Å². The molecule has 328 valence electrons. The molecule has 6 atom stereocenters. The predicted molar refractivity (Wildman–Crippen MR) is 224 cm³/mol. The largest absolute Gasteiger partial charge is 0.457 e. The minimum Gasteiger partial charge on any atom is -0.457 e. The Morgan fingerprint density at radius 2 is 0.891 bits per heavy atom. The lowest BCUT2D eigenvalue weighted by Crippen LogP contribution is -2.59. The van der Waals surface area contributed by atoms with Crippen LogP contribution in [0.1, 0.15) is 226 Å². The van der Waals surface area contributed by atoms with Gasteiger partial charge < -0.3 is 39.4 Å². The lowest BCUT2D eigenvalue weighted by molar-refractivity contribution is -0.305. The van der Waals surface area contributed by atoms with E-state index in [1.807, 2.05) is 0 Å². The number of carbonyl (C=O) groups is 1. The van der Waals surface area contributed by atoms with Gasteiger partial charge in [0.15, 0.2) is 6.29 Å². The molecular weight excluding hydrogens is 696 g/mol. The molecule has 0 aromatic carbocycles. The SMILES string of the molecule is CCCCCCCCCCCCCCCCCCCOCC(COC1OC(CO)C(O)C(O)C1O)OC(=O)CCCCCCCCCCCCCCCCC. The molecule has 9 heteroatoms. The summed E-state index contributed by atoms with van der Waals surface area (Å²) in [6, 6.07) is 0. The van der Waals surface area contributed by atoms with Crippen molar-refractivity contribution >= 4 is 5.97 Å². The maximum atomic E-state index is 12.8. The highest BCUT2D eigenvalue weighted by Crippen LogP contribution is 2.23. The van der Waals surface area contributed by atoms with Crippen LogP contribution in [0.15, 0.2) is 0 Å². The third kappa shape index (κ3) is 30.0. The van der Waals surface area contributed by atoms with E-state index in [2.05, 4.69) is 13.8 Å². The van der Waals surface area contributed by atoms with Crippen LogP contribution in [-0.2, 0) is 23.7 Å². The number of hydrogen-bond donors (Lipinski definition) is 4. The number of hydrogen-bond acceptors (Lipinski definition) is 9. The number of unbranched alkanes of at least 4 members (excludes halogenated alkanes) is 30. The Hall–Kier alpha value is -0.810. The average Bonchev–Trinajstić information content (AvgIpc) is 3.18.